The van der Waals surface area contributed by atoms with E-state index in [1.54, 1.807) is 29.3 Å². The number of allylic oxidation sites excluding steroid dienone is 1. The van der Waals surface area contributed by atoms with Crippen molar-refractivity contribution >= 4 is 17.4 Å². The molecule has 0 N–H and O–H groups in total. The van der Waals surface area contributed by atoms with Gasteiger partial charge in [-0.15, -0.1) is 0 Å². The summed E-state index contributed by atoms with van der Waals surface area (Å²) in [6, 6.07) is 5.02. The number of benzene rings is 1. The summed E-state index contributed by atoms with van der Waals surface area (Å²) in [4.78, 5) is 13.6. The number of hydrogen-bond donors (Lipinski definition) is 0. The van der Waals surface area contributed by atoms with Gasteiger partial charge in [-0.05, 0) is 18.2 Å². The smallest absolute Gasteiger partial charge is 0.233 e. The van der Waals surface area contributed by atoms with E-state index < -0.39 is 0 Å². The Morgan fingerprint density at radius 1 is 1.40 bits per heavy atom. The highest BCUT2D eigenvalue weighted by Crippen LogP contribution is 2.32. The van der Waals surface area contributed by atoms with Gasteiger partial charge in [-0.1, -0.05) is 11.6 Å². The van der Waals surface area contributed by atoms with Crippen molar-refractivity contribution < 1.29 is 9.53 Å². The summed E-state index contributed by atoms with van der Waals surface area (Å²) in [6.07, 6.45) is 1.65. The number of halogens is 1. The highest BCUT2D eigenvalue weighted by atomic mass is 35.5. The van der Waals surface area contributed by atoms with Crippen LogP contribution >= 0.6 is 11.6 Å². The van der Waals surface area contributed by atoms with Crippen molar-refractivity contribution in [1.82, 2.24) is 4.90 Å². The SMILES string of the molecule is CN(C)/C=C1/Oc2ccc(Cl)cc2C1=O. The molecule has 1 heterocycles. The zero-order valence-corrected chi connectivity index (χ0v) is 9.21. The number of fused-ring (bicyclic) bond motifs is 1. The molecule has 0 radical (unpaired) electrons. The maximum absolute atomic E-state index is 11.8. The van der Waals surface area contributed by atoms with E-state index in [0.717, 1.165) is 0 Å². The summed E-state index contributed by atoms with van der Waals surface area (Å²) < 4.78 is 5.40. The number of hydrogen-bond acceptors (Lipinski definition) is 3. The van der Waals surface area contributed by atoms with E-state index in [1.807, 2.05) is 14.1 Å². The fourth-order valence-corrected chi connectivity index (χ4v) is 1.56. The van der Waals surface area contributed by atoms with E-state index in [4.69, 9.17) is 16.3 Å². The molecule has 4 heteroatoms. The standard InChI is InChI=1S/C11H10ClNO2/c1-13(2)6-10-11(14)8-5-7(12)3-4-9(8)15-10/h3-6H,1-2H3/b10-6+. The summed E-state index contributed by atoms with van der Waals surface area (Å²) in [5.74, 6) is 0.774. The van der Waals surface area contributed by atoms with Crippen molar-refractivity contribution in [3.05, 3.63) is 40.7 Å². The van der Waals surface area contributed by atoms with Gasteiger partial charge >= 0.3 is 0 Å². The first-order valence-corrected chi connectivity index (χ1v) is 4.86. The Morgan fingerprint density at radius 2 is 2.13 bits per heavy atom. The monoisotopic (exact) mass is 223 g/mol. The summed E-state index contributed by atoms with van der Waals surface area (Å²) in [5, 5.41) is 0.539. The second-order valence-corrected chi connectivity index (χ2v) is 3.97. The van der Waals surface area contributed by atoms with Gasteiger partial charge in [0.15, 0.2) is 5.76 Å². The highest BCUT2D eigenvalue weighted by molar-refractivity contribution is 6.31. The fourth-order valence-electron chi connectivity index (χ4n) is 1.39. The van der Waals surface area contributed by atoms with Gasteiger partial charge in [-0.2, -0.15) is 0 Å². The number of Topliss-reactive ketones (excluding diaryl/α,β-unsaturated/α-hetero) is 1. The number of nitrogens with zero attached hydrogens (tertiary/aromatic N) is 1. The van der Waals surface area contributed by atoms with Crippen LogP contribution in [0.3, 0.4) is 0 Å². The fraction of sp³-hybridized carbons (Fsp3) is 0.182. The van der Waals surface area contributed by atoms with Gasteiger partial charge in [-0.25, -0.2) is 0 Å². The van der Waals surface area contributed by atoms with Crippen LogP contribution in [0, 0.1) is 0 Å². The van der Waals surface area contributed by atoms with Crippen molar-refractivity contribution in [2.24, 2.45) is 0 Å². The molecule has 0 aliphatic carbocycles. The molecule has 0 saturated carbocycles. The Kier molecular flexibility index (Phi) is 2.40. The Morgan fingerprint density at radius 3 is 2.80 bits per heavy atom. The zero-order valence-electron chi connectivity index (χ0n) is 8.45. The molecule has 0 spiro atoms. The van der Waals surface area contributed by atoms with Gasteiger partial charge < -0.3 is 9.64 Å². The third-order valence-electron chi connectivity index (χ3n) is 2.01. The second kappa shape index (κ2) is 3.59. The normalized spacial score (nSPS) is 16.5. The number of ether oxygens (including phenoxy) is 1. The summed E-state index contributed by atoms with van der Waals surface area (Å²) in [7, 11) is 3.67. The first-order chi connectivity index (χ1) is 7.08. The first-order valence-electron chi connectivity index (χ1n) is 4.48. The van der Waals surface area contributed by atoms with Crippen LogP contribution in [0.4, 0.5) is 0 Å². The van der Waals surface area contributed by atoms with Crippen molar-refractivity contribution in [3.63, 3.8) is 0 Å². The maximum Gasteiger partial charge on any atom is 0.233 e. The lowest BCUT2D eigenvalue weighted by Gasteiger charge is -2.05. The van der Waals surface area contributed by atoms with E-state index in [1.165, 1.54) is 0 Å². The molecule has 1 aliphatic rings. The largest absolute Gasteiger partial charge is 0.451 e. The van der Waals surface area contributed by atoms with Gasteiger partial charge in [0.2, 0.25) is 5.78 Å². The van der Waals surface area contributed by atoms with Crippen molar-refractivity contribution in [2.45, 2.75) is 0 Å². The zero-order chi connectivity index (χ0) is 11.0. The predicted octanol–water partition coefficient (Wildman–Crippen LogP) is 2.32. The molecule has 1 aromatic carbocycles. The van der Waals surface area contributed by atoms with Crippen LogP contribution in [0.5, 0.6) is 5.75 Å². The maximum atomic E-state index is 11.8. The Balaban J connectivity index is 2.42. The van der Waals surface area contributed by atoms with Crippen molar-refractivity contribution in [3.8, 4) is 5.75 Å². The lowest BCUT2D eigenvalue weighted by atomic mass is 10.1. The summed E-state index contributed by atoms with van der Waals surface area (Å²) in [5.41, 5.74) is 0.524. The van der Waals surface area contributed by atoms with Crippen LogP contribution in [0.25, 0.3) is 0 Å². The third kappa shape index (κ3) is 1.83. The summed E-state index contributed by atoms with van der Waals surface area (Å²) in [6.45, 7) is 0. The Labute approximate surface area is 92.9 Å². The van der Waals surface area contributed by atoms with Gasteiger partial charge in [0.25, 0.3) is 0 Å². The highest BCUT2D eigenvalue weighted by Gasteiger charge is 2.27. The van der Waals surface area contributed by atoms with Crippen LogP contribution < -0.4 is 4.74 Å². The lowest BCUT2D eigenvalue weighted by Crippen LogP contribution is -2.08. The molecule has 3 nitrogen and oxygen atoms in total. The average Bonchev–Trinajstić information content (AvgIpc) is 2.44. The number of ketones is 1. The van der Waals surface area contributed by atoms with Crippen LogP contribution in [0.15, 0.2) is 30.2 Å². The molecular formula is C11H10ClNO2. The first kappa shape index (κ1) is 10.1. The van der Waals surface area contributed by atoms with Crippen LogP contribution in [-0.4, -0.2) is 24.8 Å². The van der Waals surface area contributed by atoms with Crippen molar-refractivity contribution in [1.29, 1.82) is 0 Å². The molecule has 78 valence electrons. The molecule has 0 fully saturated rings. The number of carbonyl (C=O) groups excluding carboxylic acids is 1. The Bertz CT molecular complexity index is 452. The molecule has 0 amide bonds. The Hall–Kier alpha value is -1.48. The minimum atomic E-state index is -0.124. The molecule has 0 atom stereocenters. The minimum absolute atomic E-state index is 0.124. The van der Waals surface area contributed by atoms with Gasteiger partial charge in [0.05, 0.1) is 5.56 Å². The molecular weight excluding hydrogens is 214 g/mol. The van der Waals surface area contributed by atoms with Gasteiger partial charge in [0, 0.05) is 25.3 Å². The molecule has 0 bridgehead atoms. The van der Waals surface area contributed by atoms with Crippen LogP contribution in [-0.2, 0) is 0 Å². The van der Waals surface area contributed by atoms with Crippen LogP contribution in [0.1, 0.15) is 10.4 Å². The lowest BCUT2D eigenvalue weighted by molar-refractivity contribution is 0.101. The van der Waals surface area contributed by atoms with Crippen molar-refractivity contribution in [2.75, 3.05) is 14.1 Å². The average molecular weight is 224 g/mol. The topological polar surface area (TPSA) is 29.5 Å². The molecule has 0 saturated heterocycles. The van der Waals surface area contributed by atoms with E-state index >= 15 is 0 Å². The molecule has 1 aromatic rings. The van der Waals surface area contributed by atoms with Gasteiger partial charge in [-0.3, -0.25) is 4.79 Å². The second-order valence-electron chi connectivity index (χ2n) is 3.53. The molecule has 0 unspecified atom stereocenters. The molecule has 2 rings (SSSR count). The minimum Gasteiger partial charge on any atom is -0.451 e. The molecule has 15 heavy (non-hydrogen) atoms. The van der Waals surface area contributed by atoms with Crippen LogP contribution in [0.2, 0.25) is 5.02 Å². The number of carbonyl (C=O) groups is 1. The quantitative estimate of drug-likeness (QED) is 0.685. The summed E-state index contributed by atoms with van der Waals surface area (Å²) >= 11 is 5.80. The number of rotatable bonds is 1. The third-order valence-corrected chi connectivity index (χ3v) is 2.24. The van der Waals surface area contributed by atoms with E-state index in [9.17, 15) is 4.79 Å². The molecule has 0 aromatic heterocycles. The van der Waals surface area contributed by atoms with E-state index in [-0.39, 0.29) is 5.78 Å². The van der Waals surface area contributed by atoms with Gasteiger partial charge in [0.1, 0.15) is 5.75 Å². The predicted molar refractivity (Wildman–Crippen MR) is 58.2 cm³/mol. The molecule has 1 aliphatic heterocycles. The van der Waals surface area contributed by atoms with E-state index in [2.05, 4.69) is 0 Å². The van der Waals surface area contributed by atoms with E-state index in [0.29, 0.717) is 22.1 Å².